The Morgan fingerprint density at radius 3 is 2.57 bits per heavy atom. The van der Waals surface area contributed by atoms with E-state index in [0.29, 0.717) is 12.1 Å². The summed E-state index contributed by atoms with van der Waals surface area (Å²) in [5.41, 5.74) is 2.14. The second kappa shape index (κ2) is 8.40. The van der Waals surface area contributed by atoms with Gasteiger partial charge < -0.3 is 5.32 Å². The van der Waals surface area contributed by atoms with E-state index in [4.69, 9.17) is 0 Å². The molecule has 0 saturated heterocycles. The third-order valence-electron chi connectivity index (χ3n) is 3.83. The maximum atomic E-state index is 11.9. The number of nitrogens with one attached hydrogen (secondary N) is 1. The van der Waals surface area contributed by atoms with Crippen LogP contribution in [0.1, 0.15) is 55.3 Å². The Morgan fingerprint density at radius 2 is 1.86 bits per heavy atom. The fourth-order valence-electron chi connectivity index (χ4n) is 2.58. The summed E-state index contributed by atoms with van der Waals surface area (Å²) in [5.74, 6) is -0.00331. The van der Waals surface area contributed by atoms with Gasteiger partial charge in [0, 0.05) is 24.9 Å². The molecule has 0 aromatic heterocycles. The number of carbonyl (C=O) groups excluding carboxylic acids is 2. The minimum absolute atomic E-state index is 0.0285. The molecule has 1 aromatic rings. The van der Waals surface area contributed by atoms with Crippen molar-refractivity contribution >= 4 is 11.7 Å². The van der Waals surface area contributed by atoms with Gasteiger partial charge in [-0.05, 0) is 32.1 Å². The standard InChI is InChI=1S/C18H23NO2/c20-17(16-9-5-2-6-10-16)11-12-18(21)19-14-13-15-7-3-1-4-8-15/h2,5-7,9-10H,1,3-4,8,11-14H2,(H,19,21). The molecule has 1 aliphatic rings. The Hall–Kier alpha value is -1.90. The van der Waals surface area contributed by atoms with Crippen molar-refractivity contribution in [2.75, 3.05) is 6.54 Å². The Morgan fingerprint density at radius 1 is 1.05 bits per heavy atom. The van der Waals surface area contributed by atoms with Gasteiger partial charge in [0.15, 0.2) is 5.78 Å². The van der Waals surface area contributed by atoms with Crippen molar-refractivity contribution in [3.8, 4) is 0 Å². The van der Waals surface area contributed by atoms with Crippen molar-refractivity contribution in [2.24, 2.45) is 0 Å². The van der Waals surface area contributed by atoms with Gasteiger partial charge in [-0.25, -0.2) is 0 Å². The Balaban J connectivity index is 1.63. The van der Waals surface area contributed by atoms with Gasteiger partial charge in [-0.1, -0.05) is 42.0 Å². The first-order chi connectivity index (χ1) is 10.3. The first-order valence-electron chi connectivity index (χ1n) is 7.78. The van der Waals surface area contributed by atoms with Gasteiger partial charge in [-0.2, -0.15) is 0 Å². The zero-order chi connectivity index (χ0) is 14.9. The van der Waals surface area contributed by atoms with Gasteiger partial charge in [0.1, 0.15) is 0 Å². The molecule has 0 atom stereocenters. The minimum atomic E-state index is -0.0318. The number of hydrogen-bond acceptors (Lipinski definition) is 2. The predicted octanol–water partition coefficient (Wildman–Crippen LogP) is 3.66. The molecule has 0 unspecified atom stereocenters. The summed E-state index contributed by atoms with van der Waals surface area (Å²) in [4.78, 5) is 23.6. The first-order valence-corrected chi connectivity index (χ1v) is 7.78. The fourth-order valence-corrected chi connectivity index (χ4v) is 2.58. The molecule has 3 heteroatoms. The molecule has 1 amide bonds. The first kappa shape index (κ1) is 15.5. The molecule has 0 bridgehead atoms. The lowest BCUT2D eigenvalue weighted by Crippen LogP contribution is -2.25. The molecule has 2 rings (SSSR count). The van der Waals surface area contributed by atoms with Crippen molar-refractivity contribution in [1.29, 1.82) is 0 Å². The number of carbonyl (C=O) groups is 2. The van der Waals surface area contributed by atoms with Crippen LogP contribution in [0.3, 0.4) is 0 Å². The van der Waals surface area contributed by atoms with Crippen LogP contribution in [-0.2, 0) is 4.79 Å². The van der Waals surface area contributed by atoms with Crippen LogP contribution in [-0.4, -0.2) is 18.2 Å². The van der Waals surface area contributed by atoms with Crippen molar-refractivity contribution in [2.45, 2.75) is 44.9 Å². The van der Waals surface area contributed by atoms with Crippen molar-refractivity contribution in [3.63, 3.8) is 0 Å². The van der Waals surface area contributed by atoms with Gasteiger partial charge in [0.25, 0.3) is 0 Å². The highest BCUT2D eigenvalue weighted by Crippen LogP contribution is 2.19. The van der Waals surface area contributed by atoms with Crippen molar-refractivity contribution < 1.29 is 9.59 Å². The molecule has 1 aliphatic carbocycles. The molecule has 0 saturated carbocycles. The summed E-state index contributed by atoms with van der Waals surface area (Å²) < 4.78 is 0. The normalized spacial score (nSPS) is 14.4. The Labute approximate surface area is 126 Å². The molecular weight excluding hydrogens is 262 g/mol. The third-order valence-corrected chi connectivity index (χ3v) is 3.83. The van der Waals surface area contributed by atoms with Gasteiger partial charge in [-0.3, -0.25) is 9.59 Å². The molecule has 0 aliphatic heterocycles. The summed E-state index contributed by atoms with van der Waals surface area (Å²) in [6.07, 6.45) is 8.69. The monoisotopic (exact) mass is 285 g/mol. The van der Waals surface area contributed by atoms with Crippen LogP contribution in [0.2, 0.25) is 0 Å². The van der Waals surface area contributed by atoms with Gasteiger partial charge in [0.05, 0.1) is 0 Å². The van der Waals surface area contributed by atoms with Crippen molar-refractivity contribution in [3.05, 3.63) is 47.5 Å². The van der Waals surface area contributed by atoms with E-state index in [-0.39, 0.29) is 24.5 Å². The molecule has 1 aromatic carbocycles. The molecule has 0 fully saturated rings. The summed E-state index contributed by atoms with van der Waals surface area (Å²) in [6.45, 7) is 0.685. The number of allylic oxidation sites excluding steroid dienone is 1. The van der Waals surface area contributed by atoms with E-state index in [0.717, 1.165) is 6.42 Å². The van der Waals surface area contributed by atoms with E-state index in [1.807, 2.05) is 18.2 Å². The van der Waals surface area contributed by atoms with Crippen LogP contribution in [0.5, 0.6) is 0 Å². The minimum Gasteiger partial charge on any atom is -0.356 e. The maximum absolute atomic E-state index is 11.9. The van der Waals surface area contributed by atoms with E-state index in [9.17, 15) is 9.59 Å². The van der Waals surface area contributed by atoms with Crippen LogP contribution in [0.4, 0.5) is 0 Å². The molecule has 3 nitrogen and oxygen atoms in total. The second-order valence-electron chi connectivity index (χ2n) is 5.50. The van der Waals surface area contributed by atoms with E-state index in [1.54, 1.807) is 12.1 Å². The smallest absolute Gasteiger partial charge is 0.220 e. The topological polar surface area (TPSA) is 46.2 Å². The zero-order valence-electron chi connectivity index (χ0n) is 12.4. The molecule has 21 heavy (non-hydrogen) atoms. The van der Waals surface area contributed by atoms with E-state index in [1.165, 1.54) is 31.3 Å². The van der Waals surface area contributed by atoms with Crippen LogP contribution in [0.25, 0.3) is 0 Å². The summed E-state index contributed by atoms with van der Waals surface area (Å²) >= 11 is 0. The number of rotatable bonds is 7. The Kier molecular flexibility index (Phi) is 6.20. The predicted molar refractivity (Wildman–Crippen MR) is 84.2 cm³/mol. The highest BCUT2D eigenvalue weighted by atomic mass is 16.2. The lowest BCUT2D eigenvalue weighted by molar-refractivity contribution is -0.121. The zero-order valence-corrected chi connectivity index (χ0v) is 12.4. The van der Waals surface area contributed by atoms with Gasteiger partial charge >= 0.3 is 0 Å². The molecular formula is C18H23NO2. The fraction of sp³-hybridized carbons (Fsp3) is 0.444. The summed E-state index contributed by atoms with van der Waals surface area (Å²) in [5, 5.41) is 2.90. The average Bonchev–Trinajstić information content (AvgIpc) is 2.54. The van der Waals surface area contributed by atoms with Gasteiger partial charge in [0.2, 0.25) is 5.91 Å². The lowest BCUT2D eigenvalue weighted by atomic mass is 9.97. The summed E-state index contributed by atoms with van der Waals surface area (Å²) in [7, 11) is 0. The molecule has 112 valence electrons. The molecule has 1 N–H and O–H groups in total. The second-order valence-corrected chi connectivity index (χ2v) is 5.50. The van der Waals surface area contributed by atoms with E-state index in [2.05, 4.69) is 11.4 Å². The third kappa shape index (κ3) is 5.54. The lowest BCUT2D eigenvalue weighted by Gasteiger charge is -2.12. The molecule has 0 radical (unpaired) electrons. The number of Topliss-reactive ketones (excluding diaryl/α,β-unsaturated/α-hetero) is 1. The summed E-state index contributed by atoms with van der Waals surface area (Å²) in [6, 6.07) is 9.13. The van der Waals surface area contributed by atoms with E-state index >= 15 is 0 Å². The largest absolute Gasteiger partial charge is 0.356 e. The molecule has 0 spiro atoms. The number of amides is 1. The van der Waals surface area contributed by atoms with Crippen LogP contribution < -0.4 is 5.32 Å². The highest BCUT2D eigenvalue weighted by molar-refractivity contribution is 5.97. The average molecular weight is 285 g/mol. The van der Waals surface area contributed by atoms with Crippen LogP contribution >= 0.6 is 0 Å². The van der Waals surface area contributed by atoms with Crippen LogP contribution in [0, 0.1) is 0 Å². The number of hydrogen-bond donors (Lipinski definition) is 1. The Bertz CT molecular complexity index is 505. The SMILES string of the molecule is O=C(CCC(=O)c1ccccc1)NCCC1=CCCCC1. The number of benzene rings is 1. The van der Waals surface area contributed by atoms with E-state index < -0.39 is 0 Å². The quantitative estimate of drug-likeness (QED) is 0.614. The van der Waals surface area contributed by atoms with Gasteiger partial charge in [-0.15, -0.1) is 0 Å². The maximum Gasteiger partial charge on any atom is 0.220 e. The number of ketones is 1. The van der Waals surface area contributed by atoms with Crippen LogP contribution in [0.15, 0.2) is 42.0 Å². The van der Waals surface area contributed by atoms with Crippen molar-refractivity contribution in [1.82, 2.24) is 5.32 Å². The highest BCUT2D eigenvalue weighted by Gasteiger charge is 2.09. The molecule has 0 heterocycles.